The van der Waals surface area contributed by atoms with Crippen molar-refractivity contribution in [1.82, 2.24) is 5.32 Å². The molecule has 2 aromatic carbocycles. The molecule has 0 aromatic heterocycles. The number of aliphatic carboxylic acids is 1. The van der Waals surface area contributed by atoms with Gasteiger partial charge >= 0.3 is 5.97 Å². The highest BCUT2D eigenvalue weighted by Crippen LogP contribution is 2.23. The van der Waals surface area contributed by atoms with E-state index in [0.29, 0.717) is 11.7 Å². The van der Waals surface area contributed by atoms with Gasteiger partial charge in [0.25, 0.3) is 5.91 Å². The van der Waals surface area contributed by atoms with Crippen LogP contribution in [0.2, 0.25) is 0 Å². The minimum atomic E-state index is -1.07. The van der Waals surface area contributed by atoms with Gasteiger partial charge in [0, 0.05) is 6.42 Å². The molecule has 5 nitrogen and oxygen atoms in total. The molecular weight excluding hydrogens is 330 g/mol. The smallest absolute Gasteiger partial charge is 0.326 e. The van der Waals surface area contributed by atoms with Gasteiger partial charge in [0.05, 0.1) is 0 Å². The molecule has 0 aliphatic rings. The number of carboxylic acid groups (broad SMARTS) is 1. The molecular formula is C21H25NO4. The second kappa shape index (κ2) is 9.04. The van der Waals surface area contributed by atoms with Crippen LogP contribution in [0, 0.1) is 6.92 Å². The lowest BCUT2D eigenvalue weighted by atomic mass is 9.98. The van der Waals surface area contributed by atoms with Crippen LogP contribution in [0.3, 0.4) is 0 Å². The van der Waals surface area contributed by atoms with Gasteiger partial charge in [-0.15, -0.1) is 0 Å². The maximum absolute atomic E-state index is 12.1. The van der Waals surface area contributed by atoms with Gasteiger partial charge in [0.1, 0.15) is 11.8 Å². The number of carboxylic acids is 1. The van der Waals surface area contributed by atoms with Gasteiger partial charge in [0.2, 0.25) is 0 Å². The Hall–Kier alpha value is -2.82. The molecule has 0 heterocycles. The molecule has 1 atom stereocenters. The monoisotopic (exact) mass is 355 g/mol. The average Bonchev–Trinajstić information content (AvgIpc) is 2.60. The second-order valence-corrected chi connectivity index (χ2v) is 6.61. The second-order valence-electron chi connectivity index (χ2n) is 6.61. The van der Waals surface area contributed by atoms with E-state index in [1.54, 1.807) is 0 Å². The summed E-state index contributed by atoms with van der Waals surface area (Å²) in [6.07, 6.45) is 0.226. The van der Waals surface area contributed by atoms with Gasteiger partial charge < -0.3 is 15.2 Å². The summed E-state index contributed by atoms with van der Waals surface area (Å²) in [5.74, 6) is -0.517. The summed E-state index contributed by atoms with van der Waals surface area (Å²) in [6, 6.07) is 13.9. The van der Waals surface area contributed by atoms with E-state index in [9.17, 15) is 14.7 Å². The van der Waals surface area contributed by atoms with E-state index < -0.39 is 17.9 Å². The first-order chi connectivity index (χ1) is 12.4. The molecule has 0 fully saturated rings. The van der Waals surface area contributed by atoms with E-state index in [4.69, 9.17) is 4.74 Å². The largest absolute Gasteiger partial charge is 0.484 e. The molecule has 2 N–H and O–H groups in total. The van der Waals surface area contributed by atoms with Crippen LogP contribution in [-0.4, -0.2) is 29.6 Å². The lowest BCUT2D eigenvalue weighted by molar-refractivity contribution is -0.142. The van der Waals surface area contributed by atoms with Crippen LogP contribution in [0.4, 0.5) is 0 Å². The Kier molecular flexibility index (Phi) is 6.78. The molecule has 0 saturated carbocycles. The number of carbonyl (C=O) groups excluding carboxylic acids is 1. The quantitative estimate of drug-likeness (QED) is 0.762. The predicted molar refractivity (Wildman–Crippen MR) is 100 cm³/mol. The van der Waals surface area contributed by atoms with Crippen molar-refractivity contribution in [3.63, 3.8) is 0 Å². The van der Waals surface area contributed by atoms with E-state index in [0.717, 1.165) is 11.1 Å². The molecule has 0 spiro atoms. The van der Waals surface area contributed by atoms with Crippen LogP contribution >= 0.6 is 0 Å². The number of carbonyl (C=O) groups is 2. The van der Waals surface area contributed by atoms with Crippen LogP contribution in [0.25, 0.3) is 0 Å². The Morgan fingerprint density at radius 1 is 1.12 bits per heavy atom. The zero-order valence-electron chi connectivity index (χ0n) is 15.4. The summed E-state index contributed by atoms with van der Waals surface area (Å²) in [4.78, 5) is 23.5. The standard InChI is InChI=1S/C21H25NO4/c1-14(2)18-10-9-17(11-15(18)3)26-13-20(23)22-19(21(24)25)12-16-7-5-4-6-8-16/h4-11,14,19H,12-13H2,1-3H3,(H,22,23)(H,24,25). The molecule has 1 unspecified atom stereocenters. The number of aryl methyl sites for hydroxylation is 1. The van der Waals surface area contributed by atoms with Gasteiger partial charge in [-0.2, -0.15) is 0 Å². The van der Waals surface area contributed by atoms with Crippen molar-refractivity contribution in [2.45, 2.75) is 39.2 Å². The average molecular weight is 355 g/mol. The number of hydrogen-bond acceptors (Lipinski definition) is 3. The maximum Gasteiger partial charge on any atom is 0.326 e. The van der Waals surface area contributed by atoms with E-state index >= 15 is 0 Å². The Morgan fingerprint density at radius 3 is 2.38 bits per heavy atom. The fraction of sp³-hybridized carbons (Fsp3) is 0.333. The number of amides is 1. The van der Waals surface area contributed by atoms with E-state index in [2.05, 4.69) is 19.2 Å². The van der Waals surface area contributed by atoms with E-state index in [1.165, 1.54) is 5.56 Å². The van der Waals surface area contributed by atoms with Crippen LogP contribution < -0.4 is 10.1 Å². The summed E-state index contributed by atoms with van der Waals surface area (Å²) in [6.45, 7) is 6.02. The van der Waals surface area contributed by atoms with Crippen LogP contribution in [0.1, 0.15) is 36.5 Å². The zero-order valence-corrected chi connectivity index (χ0v) is 15.4. The summed E-state index contributed by atoms with van der Waals surface area (Å²) in [5, 5.41) is 11.8. The van der Waals surface area contributed by atoms with Crippen molar-refractivity contribution >= 4 is 11.9 Å². The van der Waals surface area contributed by atoms with Crippen molar-refractivity contribution < 1.29 is 19.4 Å². The molecule has 0 bridgehead atoms. The Labute approximate surface area is 154 Å². The predicted octanol–water partition coefficient (Wildman–Crippen LogP) is 3.31. The van der Waals surface area contributed by atoms with E-state index in [1.807, 2.05) is 55.5 Å². The fourth-order valence-corrected chi connectivity index (χ4v) is 2.82. The van der Waals surface area contributed by atoms with Crippen LogP contribution in [0.5, 0.6) is 5.75 Å². The van der Waals surface area contributed by atoms with Crippen molar-refractivity contribution in [3.05, 3.63) is 65.2 Å². The molecule has 5 heteroatoms. The number of rotatable bonds is 8. The van der Waals surface area contributed by atoms with Crippen molar-refractivity contribution in [2.24, 2.45) is 0 Å². The Bertz CT molecular complexity index is 756. The summed E-state index contributed by atoms with van der Waals surface area (Å²) >= 11 is 0. The summed E-state index contributed by atoms with van der Waals surface area (Å²) in [5.41, 5.74) is 3.18. The van der Waals surface area contributed by atoms with Crippen LogP contribution in [0.15, 0.2) is 48.5 Å². The summed E-state index contributed by atoms with van der Waals surface area (Å²) < 4.78 is 5.51. The molecule has 138 valence electrons. The number of ether oxygens (including phenoxy) is 1. The highest BCUT2D eigenvalue weighted by Gasteiger charge is 2.20. The van der Waals surface area contributed by atoms with Crippen molar-refractivity contribution in [1.29, 1.82) is 0 Å². The third kappa shape index (κ3) is 5.62. The molecule has 2 aromatic rings. The van der Waals surface area contributed by atoms with Crippen molar-refractivity contribution in [3.8, 4) is 5.75 Å². The first-order valence-electron chi connectivity index (χ1n) is 8.66. The zero-order chi connectivity index (χ0) is 19.1. The minimum absolute atomic E-state index is 0.223. The third-order valence-electron chi connectivity index (χ3n) is 4.15. The number of hydrogen-bond donors (Lipinski definition) is 2. The molecule has 26 heavy (non-hydrogen) atoms. The minimum Gasteiger partial charge on any atom is -0.484 e. The molecule has 2 rings (SSSR count). The SMILES string of the molecule is Cc1cc(OCC(=O)NC(Cc2ccccc2)C(=O)O)ccc1C(C)C. The Morgan fingerprint density at radius 2 is 1.81 bits per heavy atom. The van der Waals surface area contributed by atoms with Gasteiger partial charge in [-0.3, -0.25) is 4.79 Å². The Balaban J connectivity index is 1.92. The van der Waals surface area contributed by atoms with Gasteiger partial charge in [-0.1, -0.05) is 50.2 Å². The normalized spacial score (nSPS) is 11.8. The highest BCUT2D eigenvalue weighted by atomic mass is 16.5. The van der Waals surface area contributed by atoms with Gasteiger partial charge in [-0.25, -0.2) is 4.79 Å². The molecule has 0 aliphatic heterocycles. The highest BCUT2D eigenvalue weighted by molar-refractivity contribution is 5.84. The van der Waals surface area contributed by atoms with Crippen LogP contribution in [-0.2, 0) is 16.0 Å². The molecule has 0 saturated heterocycles. The van der Waals surface area contributed by atoms with E-state index in [-0.39, 0.29) is 13.0 Å². The first-order valence-corrected chi connectivity index (χ1v) is 8.66. The lowest BCUT2D eigenvalue weighted by Crippen LogP contribution is -2.44. The molecule has 0 radical (unpaired) electrons. The number of nitrogens with one attached hydrogen (secondary N) is 1. The fourth-order valence-electron chi connectivity index (χ4n) is 2.82. The summed E-state index contributed by atoms with van der Waals surface area (Å²) in [7, 11) is 0. The molecule has 1 amide bonds. The van der Waals surface area contributed by atoms with Gasteiger partial charge in [-0.05, 0) is 41.7 Å². The third-order valence-corrected chi connectivity index (χ3v) is 4.15. The van der Waals surface area contributed by atoms with Gasteiger partial charge in [0.15, 0.2) is 6.61 Å². The molecule has 0 aliphatic carbocycles. The topological polar surface area (TPSA) is 75.6 Å². The lowest BCUT2D eigenvalue weighted by Gasteiger charge is -2.16. The number of benzene rings is 2. The first kappa shape index (κ1) is 19.5. The van der Waals surface area contributed by atoms with Crippen molar-refractivity contribution in [2.75, 3.05) is 6.61 Å². The maximum atomic E-state index is 12.1.